The minimum absolute atomic E-state index is 0.198. The highest BCUT2D eigenvalue weighted by molar-refractivity contribution is 6.31. The summed E-state index contributed by atoms with van der Waals surface area (Å²) in [5.74, 6) is -0.673. The van der Waals surface area contributed by atoms with Crippen molar-refractivity contribution in [2.45, 2.75) is 38.8 Å². The number of carbonyl (C=O) groups excluding carboxylic acids is 3. The van der Waals surface area contributed by atoms with Crippen LogP contribution in [0.15, 0.2) is 36.4 Å². The Morgan fingerprint density at radius 1 is 1.08 bits per heavy atom. The summed E-state index contributed by atoms with van der Waals surface area (Å²) in [6, 6.07) is 8.37. The second-order valence-electron chi connectivity index (χ2n) is 9.53. The van der Waals surface area contributed by atoms with E-state index < -0.39 is 11.9 Å². The number of ether oxygens (including phenoxy) is 2. The Balaban J connectivity index is 1.74. The van der Waals surface area contributed by atoms with Crippen molar-refractivity contribution in [3.63, 3.8) is 0 Å². The van der Waals surface area contributed by atoms with E-state index in [9.17, 15) is 18.8 Å². The van der Waals surface area contributed by atoms with Crippen LogP contribution in [0.3, 0.4) is 0 Å². The molecule has 2 aromatic carbocycles. The van der Waals surface area contributed by atoms with E-state index in [0.29, 0.717) is 54.7 Å². The Kier molecular flexibility index (Phi) is 11.4. The summed E-state index contributed by atoms with van der Waals surface area (Å²) in [5, 5.41) is 5.95. The normalized spacial score (nSPS) is 19.1. The molecule has 0 radical (unpaired) electrons. The van der Waals surface area contributed by atoms with E-state index >= 15 is 0 Å². The summed E-state index contributed by atoms with van der Waals surface area (Å²) in [6.45, 7) is 4.24. The van der Waals surface area contributed by atoms with Gasteiger partial charge in [-0.15, -0.1) is 0 Å². The molecule has 0 saturated heterocycles. The molecule has 3 amide bonds. The molecule has 2 aromatic rings. The van der Waals surface area contributed by atoms with Crippen molar-refractivity contribution >= 4 is 29.3 Å². The number of likely N-dealkylation sites (N-methyl/N-ethyl adjacent to an activating group) is 1. The summed E-state index contributed by atoms with van der Waals surface area (Å²) < 4.78 is 24.5. The number of benzene rings is 2. The molecule has 0 unspecified atom stereocenters. The molecule has 212 valence electrons. The number of hydrogen-bond donors (Lipinski definition) is 2. The van der Waals surface area contributed by atoms with Gasteiger partial charge < -0.3 is 25.0 Å². The van der Waals surface area contributed by atoms with Gasteiger partial charge >= 0.3 is 0 Å². The molecule has 2 bridgehead atoms. The van der Waals surface area contributed by atoms with Crippen LogP contribution < -0.4 is 20.1 Å². The number of carbonyl (C=O) groups is 3. The van der Waals surface area contributed by atoms with Crippen LogP contribution in [0.1, 0.15) is 42.1 Å². The molecular formula is C28H36ClFN4O5. The molecule has 2 N–H and O–H groups in total. The van der Waals surface area contributed by atoms with E-state index in [1.54, 1.807) is 43.1 Å². The Morgan fingerprint density at radius 3 is 2.56 bits per heavy atom. The van der Waals surface area contributed by atoms with Crippen molar-refractivity contribution < 1.29 is 28.2 Å². The number of halogens is 2. The number of rotatable bonds is 3. The molecule has 0 saturated carbocycles. The van der Waals surface area contributed by atoms with Gasteiger partial charge in [-0.25, -0.2) is 4.39 Å². The van der Waals surface area contributed by atoms with Gasteiger partial charge in [0.05, 0.1) is 7.11 Å². The smallest absolute Gasteiger partial charge is 0.258 e. The Morgan fingerprint density at radius 2 is 1.82 bits per heavy atom. The maximum Gasteiger partial charge on any atom is 0.258 e. The van der Waals surface area contributed by atoms with Crippen LogP contribution in [-0.4, -0.2) is 80.5 Å². The zero-order valence-corrected chi connectivity index (χ0v) is 23.4. The highest BCUT2D eigenvalue weighted by atomic mass is 35.5. The second-order valence-corrected chi connectivity index (χ2v) is 9.94. The van der Waals surface area contributed by atoms with Crippen LogP contribution in [0.2, 0.25) is 5.02 Å². The predicted octanol–water partition coefficient (Wildman–Crippen LogP) is 3.25. The average Bonchev–Trinajstić information content (AvgIpc) is 2.91. The van der Waals surface area contributed by atoms with Gasteiger partial charge in [-0.1, -0.05) is 17.7 Å². The molecule has 2 aliphatic heterocycles. The molecule has 39 heavy (non-hydrogen) atoms. The predicted molar refractivity (Wildman–Crippen MR) is 147 cm³/mol. The molecule has 9 nitrogen and oxygen atoms in total. The van der Waals surface area contributed by atoms with E-state index in [2.05, 4.69) is 15.5 Å². The summed E-state index contributed by atoms with van der Waals surface area (Å²) in [4.78, 5) is 41.7. The van der Waals surface area contributed by atoms with Crippen LogP contribution in [0.5, 0.6) is 11.5 Å². The van der Waals surface area contributed by atoms with Gasteiger partial charge in [0, 0.05) is 43.8 Å². The Bertz CT molecular complexity index is 1160. The summed E-state index contributed by atoms with van der Waals surface area (Å²) in [6.07, 6.45) is 2.25. The summed E-state index contributed by atoms with van der Waals surface area (Å²) in [5.41, 5.74) is 1.21. The van der Waals surface area contributed by atoms with Crippen LogP contribution >= 0.6 is 11.6 Å². The first-order valence-corrected chi connectivity index (χ1v) is 13.4. The third-order valence-corrected chi connectivity index (χ3v) is 6.82. The number of amides is 3. The van der Waals surface area contributed by atoms with Crippen molar-refractivity contribution in [1.82, 2.24) is 20.4 Å². The lowest BCUT2D eigenvalue weighted by Crippen LogP contribution is -2.47. The molecular weight excluding hydrogens is 527 g/mol. The number of nitrogens with zero attached hydrogens (tertiary/aromatic N) is 2. The van der Waals surface area contributed by atoms with Gasteiger partial charge in [0.1, 0.15) is 11.9 Å². The van der Waals surface area contributed by atoms with Crippen molar-refractivity contribution in [3.8, 4) is 11.5 Å². The topological polar surface area (TPSA) is 100 Å². The minimum Gasteiger partial charge on any atom is -0.493 e. The van der Waals surface area contributed by atoms with Gasteiger partial charge in [0.25, 0.3) is 11.8 Å². The largest absolute Gasteiger partial charge is 0.493 e. The van der Waals surface area contributed by atoms with E-state index in [1.807, 2.05) is 0 Å². The van der Waals surface area contributed by atoms with Crippen LogP contribution in [0.4, 0.5) is 4.39 Å². The number of fused-ring (bicyclic) bond motifs is 18. The van der Waals surface area contributed by atoms with Crippen LogP contribution in [0.25, 0.3) is 0 Å². The summed E-state index contributed by atoms with van der Waals surface area (Å²) in [7, 11) is 3.16. The van der Waals surface area contributed by atoms with Gasteiger partial charge in [-0.3, -0.25) is 19.3 Å². The molecule has 11 heteroatoms. The molecule has 0 aliphatic carbocycles. The van der Waals surface area contributed by atoms with Gasteiger partial charge in [0.2, 0.25) is 5.91 Å². The molecule has 0 spiro atoms. The zero-order valence-electron chi connectivity index (χ0n) is 22.6. The first-order chi connectivity index (χ1) is 18.7. The number of nitrogens with one attached hydrogen (secondary N) is 2. The third kappa shape index (κ3) is 9.11. The standard InChI is InChI=1S/C28H36ClFN4O5/c1-19-28(37)33(2)12-4-5-13-34(17-21-7-9-22(30)16-23(21)29)14-6-11-31-27(36)20-8-10-24(25(15-20)38-3)39-18-26(35)32-19/h7-10,15-16,19H,4-6,11-14,17-18H2,1-3H3,(H,31,36)(H,32,35)/t19-/m0/s1. The van der Waals surface area contributed by atoms with Crippen molar-refractivity contribution in [1.29, 1.82) is 0 Å². The fraction of sp³-hybridized carbons (Fsp3) is 0.464. The highest BCUT2D eigenvalue weighted by Crippen LogP contribution is 2.28. The lowest BCUT2D eigenvalue weighted by atomic mass is 10.1. The summed E-state index contributed by atoms with van der Waals surface area (Å²) >= 11 is 6.27. The van der Waals surface area contributed by atoms with Gasteiger partial charge in [-0.2, -0.15) is 0 Å². The van der Waals surface area contributed by atoms with Crippen molar-refractivity contribution in [3.05, 3.63) is 58.4 Å². The highest BCUT2D eigenvalue weighted by Gasteiger charge is 2.20. The second kappa shape index (κ2) is 14.7. The van der Waals surface area contributed by atoms with Gasteiger partial charge in [-0.05, 0) is 68.6 Å². The van der Waals surface area contributed by atoms with Crippen molar-refractivity contribution in [2.75, 3.05) is 46.9 Å². The lowest BCUT2D eigenvalue weighted by Gasteiger charge is -2.25. The fourth-order valence-corrected chi connectivity index (χ4v) is 4.54. The average molecular weight is 563 g/mol. The monoisotopic (exact) mass is 562 g/mol. The van der Waals surface area contributed by atoms with E-state index in [0.717, 1.165) is 24.9 Å². The minimum atomic E-state index is -0.717. The first-order valence-electron chi connectivity index (χ1n) is 13.0. The lowest BCUT2D eigenvalue weighted by molar-refractivity contribution is -0.135. The molecule has 1 atom stereocenters. The maximum absolute atomic E-state index is 13.5. The molecule has 2 heterocycles. The van der Waals surface area contributed by atoms with Gasteiger partial charge in [0.15, 0.2) is 18.1 Å². The number of methoxy groups -OCH3 is 1. The molecule has 2 aliphatic rings. The Hall–Kier alpha value is -3.37. The van der Waals surface area contributed by atoms with E-state index in [1.165, 1.54) is 19.2 Å². The number of hydrogen-bond acceptors (Lipinski definition) is 6. The molecule has 0 aromatic heterocycles. The van der Waals surface area contributed by atoms with Crippen LogP contribution in [0, 0.1) is 5.82 Å². The first kappa shape index (κ1) is 30.2. The fourth-order valence-electron chi connectivity index (χ4n) is 4.31. The van der Waals surface area contributed by atoms with E-state index in [4.69, 9.17) is 21.1 Å². The van der Waals surface area contributed by atoms with Crippen molar-refractivity contribution in [2.24, 2.45) is 0 Å². The zero-order chi connectivity index (χ0) is 28.4. The van der Waals surface area contributed by atoms with Crippen LogP contribution in [-0.2, 0) is 16.1 Å². The molecule has 4 rings (SSSR count). The third-order valence-electron chi connectivity index (χ3n) is 6.47. The maximum atomic E-state index is 13.5. The quantitative estimate of drug-likeness (QED) is 0.557. The molecule has 0 fully saturated rings. The Labute approximate surface area is 233 Å². The SMILES string of the molecule is COc1cc2ccc1OCC(=O)N[C@@H](C)C(=O)N(C)CCCCN(Cc1ccc(F)cc1Cl)CCCNC2=O. The van der Waals surface area contributed by atoms with E-state index in [-0.39, 0.29) is 24.2 Å².